The van der Waals surface area contributed by atoms with E-state index in [9.17, 15) is 14.9 Å². The summed E-state index contributed by atoms with van der Waals surface area (Å²) in [5.74, 6) is -0.618. The largest absolute Gasteiger partial charge is 0.452 e. The van der Waals surface area contributed by atoms with Crippen LogP contribution in [0.5, 0.6) is 0 Å². The highest BCUT2D eigenvalue weighted by atomic mass is 16.5. The van der Waals surface area contributed by atoms with Gasteiger partial charge in [-0.15, -0.1) is 0 Å². The maximum absolute atomic E-state index is 12.6. The van der Waals surface area contributed by atoms with Crippen molar-refractivity contribution in [3.05, 3.63) is 77.3 Å². The van der Waals surface area contributed by atoms with Gasteiger partial charge in [0.25, 0.3) is 5.91 Å². The maximum Gasteiger partial charge on any atom is 0.343 e. The van der Waals surface area contributed by atoms with Gasteiger partial charge in [0.05, 0.1) is 6.04 Å². The molecule has 1 aromatic carbocycles. The molecule has 3 rings (SSSR count). The Morgan fingerprint density at radius 3 is 2.48 bits per heavy atom. The second-order valence-corrected chi connectivity index (χ2v) is 6.58. The number of nitriles is 1. The molecule has 3 aromatic rings. The predicted octanol–water partition coefficient (Wildman–Crippen LogP) is 3.63. The third-order valence-electron chi connectivity index (χ3n) is 4.80. The molecule has 0 bridgehead atoms. The number of benzene rings is 1. The summed E-state index contributed by atoms with van der Waals surface area (Å²) >= 11 is 0. The zero-order valence-corrected chi connectivity index (χ0v) is 16.5. The minimum Gasteiger partial charge on any atom is -0.452 e. The Morgan fingerprint density at radius 2 is 1.86 bits per heavy atom. The summed E-state index contributed by atoms with van der Waals surface area (Å²) in [4.78, 5) is 26.6. The molecule has 7 nitrogen and oxygen atoms in total. The summed E-state index contributed by atoms with van der Waals surface area (Å²) in [5.41, 5.74) is 1.08. The Hall–Kier alpha value is -3.79. The normalized spacial score (nSPS) is 11.5. The number of hydrogen-bond donors (Lipinski definition) is 0. The van der Waals surface area contributed by atoms with Crippen LogP contribution in [0.3, 0.4) is 0 Å². The summed E-state index contributed by atoms with van der Waals surface area (Å²) in [6.45, 7) is 3.04. The van der Waals surface area contributed by atoms with E-state index in [-0.39, 0.29) is 34.7 Å². The lowest BCUT2D eigenvalue weighted by molar-refractivity contribution is -0.135. The number of nitrogens with zero attached hydrogens (tertiary/aromatic N) is 3. The second-order valence-electron chi connectivity index (χ2n) is 6.58. The number of hydrogen-bond acceptors (Lipinski definition) is 5. The SMILES string of the molecule is Cc1oc(-n2cccc2)c(C#N)c1C(=O)OCC(=O)N(C)[C@@H](C)c1ccccc1. The Bertz CT molecular complexity index is 1050. The number of carbonyl (C=O) groups excluding carboxylic acids is 2. The molecular weight excluding hydrogens is 370 g/mol. The van der Waals surface area contributed by atoms with Gasteiger partial charge in [-0.2, -0.15) is 5.26 Å². The van der Waals surface area contributed by atoms with Gasteiger partial charge in [-0.1, -0.05) is 30.3 Å². The van der Waals surface area contributed by atoms with Crippen LogP contribution in [0, 0.1) is 18.3 Å². The quantitative estimate of drug-likeness (QED) is 0.599. The Kier molecular flexibility index (Phi) is 5.84. The molecule has 0 aliphatic carbocycles. The molecule has 2 aromatic heterocycles. The lowest BCUT2D eigenvalue weighted by Crippen LogP contribution is -2.33. The molecule has 0 radical (unpaired) electrons. The van der Waals surface area contributed by atoms with Crippen LogP contribution in [-0.2, 0) is 9.53 Å². The minimum absolute atomic E-state index is 0.0303. The summed E-state index contributed by atoms with van der Waals surface area (Å²) < 4.78 is 12.4. The van der Waals surface area contributed by atoms with Crippen molar-refractivity contribution in [1.82, 2.24) is 9.47 Å². The fraction of sp³-hybridized carbons (Fsp3) is 0.227. The lowest BCUT2D eigenvalue weighted by atomic mass is 10.1. The highest BCUT2D eigenvalue weighted by Gasteiger charge is 2.27. The number of ether oxygens (including phenoxy) is 1. The molecule has 0 unspecified atom stereocenters. The number of rotatable bonds is 6. The zero-order chi connectivity index (χ0) is 21.0. The second kappa shape index (κ2) is 8.48. The molecule has 29 heavy (non-hydrogen) atoms. The van der Waals surface area contributed by atoms with Crippen molar-refractivity contribution in [3.8, 4) is 12.0 Å². The molecule has 0 N–H and O–H groups in total. The van der Waals surface area contributed by atoms with Crippen molar-refractivity contribution >= 4 is 11.9 Å². The number of esters is 1. The Balaban J connectivity index is 1.71. The van der Waals surface area contributed by atoms with Gasteiger partial charge >= 0.3 is 5.97 Å². The number of likely N-dealkylation sites (N-methyl/N-ethyl adjacent to an activating group) is 1. The van der Waals surface area contributed by atoms with Crippen molar-refractivity contribution < 1.29 is 18.7 Å². The summed E-state index contributed by atoms with van der Waals surface area (Å²) in [6, 6.07) is 14.9. The minimum atomic E-state index is -0.768. The van der Waals surface area contributed by atoms with Crippen molar-refractivity contribution in [3.63, 3.8) is 0 Å². The first-order valence-corrected chi connectivity index (χ1v) is 9.08. The van der Waals surface area contributed by atoms with Crippen molar-refractivity contribution in [2.24, 2.45) is 0 Å². The van der Waals surface area contributed by atoms with Crippen LogP contribution in [0.25, 0.3) is 5.88 Å². The van der Waals surface area contributed by atoms with E-state index in [0.29, 0.717) is 0 Å². The summed E-state index contributed by atoms with van der Waals surface area (Å²) in [7, 11) is 1.65. The predicted molar refractivity (Wildman–Crippen MR) is 105 cm³/mol. The first-order valence-electron chi connectivity index (χ1n) is 9.08. The smallest absolute Gasteiger partial charge is 0.343 e. The first-order chi connectivity index (χ1) is 13.9. The molecule has 0 aliphatic rings. The molecule has 0 saturated carbocycles. The third-order valence-corrected chi connectivity index (χ3v) is 4.80. The van der Waals surface area contributed by atoms with Crippen molar-refractivity contribution in [1.29, 1.82) is 5.26 Å². The van der Waals surface area contributed by atoms with Gasteiger partial charge in [0.2, 0.25) is 5.88 Å². The van der Waals surface area contributed by atoms with E-state index in [4.69, 9.17) is 9.15 Å². The van der Waals surface area contributed by atoms with Crippen LogP contribution in [0.1, 0.15) is 40.2 Å². The Labute approximate surface area is 168 Å². The van der Waals surface area contributed by atoms with Gasteiger partial charge in [0.1, 0.15) is 23.0 Å². The highest BCUT2D eigenvalue weighted by Crippen LogP contribution is 2.26. The molecule has 1 amide bonds. The van der Waals surface area contributed by atoms with E-state index in [1.165, 1.54) is 4.90 Å². The van der Waals surface area contributed by atoms with Gasteiger partial charge in [-0.25, -0.2) is 4.79 Å². The lowest BCUT2D eigenvalue weighted by Gasteiger charge is -2.25. The van der Waals surface area contributed by atoms with E-state index in [0.717, 1.165) is 5.56 Å². The fourth-order valence-electron chi connectivity index (χ4n) is 3.00. The van der Waals surface area contributed by atoms with Crippen LogP contribution in [0.2, 0.25) is 0 Å². The monoisotopic (exact) mass is 391 g/mol. The van der Waals surface area contributed by atoms with Crippen LogP contribution in [0.4, 0.5) is 0 Å². The average Bonchev–Trinajstić information content (AvgIpc) is 3.38. The summed E-state index contributed by atoms with van der Waals surface area (Å²) in [6.07, 6.45) is 3.41. The molecular formula is C22H21N3O4. The van der Waals surface area contributed by atoms with Crippen LogP contribution < -0.4 is 0 Å². The zero-order valence-electron chi connectivity index (χ0n) is 16.5. The van der Waals surface area contributed by atoms with Gasteiger partial charge in [-0.3, -0.25) is 9.36 Å². The topological polar surface area (TPSA) is 88.5 Å². The highest BCUT2D eigenvalue weighted by molar-refractivity contribution is 5.95. The fourth-order valence-corrected chi connectivity index (χ4v) is 3.00. The van der Waals surface area contributed by atoms with Gasteiger partial charge < -0.3 is 14.1 Å². The van der Waals surface area contributed by atoms with E-state index in [2.05, 4.69) is 0 Å². The molecule has 148 valence electrons. The molecule has 7 heteroatoms. The summed E-state index contributed by atoms with van der Waals surface area (Å²) in [5, 5.41) is 9.52. The first kappa shape index (κ1) is 20.0. The van der Waals surface area contributed by atoms with E-state index in [1.54, 1.807) is 43.1 Å². The number of furan rings is 1. The van der Waals surface area contributed by atoms with Crippen LogP contribution >= 0.6 is 0 Å². The average molecular weight is 391 g/mol. The van der Waals surface area contributed by atoms with Crippen LogP contribution in [-0.4, -0.2) is 35.0 Å². The molecule has 0 fully saturated rings. The Morgan fingerprint density at radius 1 is 1.21 bits per heavy atom. The number of amides is 1. The van der Waals surface area contributed by atoms with E-state index >= 15 is 0 Å². The molecule has 2 heterocycles. The number of aromatic nitrogens is 1. The molecule has 1 atom stereocenters. The van der Waals surface area contributed by atoms with E-state index in [1.807, 2.05) is 43.3 Å². The number of carbonyl (C=O) groups is 2. The molecule has 0 saturated heterocycles. The standard InChI is InChI=1S/C22H21N3O4/c1-15(17-9-5-4-6-10-17)24(3)19(26)14-28-22(27)20-16(2)29-21(18(20)13-23)25-11-7-8-12-25/h4-12,15H,14H2,1-3H3/t15-/m0/s1. The maximum atomic E-state index is 12.6. The third kappa shape index (κ3) is 4.06. The number of aryl methyl sites for hydroxylation is 1. The van der Waals surface area contributed by atoms with Crippen molar-refractivity contribution in [2.45, 2.75) is 19.9 Å². The van der Waals surface area contributed by atoms with Crippen LogP contribution in [0.15, 0.2) is 59.3 Å². The van der Waals surface area contributed by atoms with Crippen molar-refractivity contribution in [2.75, 3.05) is 13.7 Å². The van der Waals surface area contributed by atoms with E-state index < -0.39 is 12.6 Å². The van der Waals surface area contributed by atoms with Gasteiger partial charge in [0, 0.05) is 19.4 Å². The van der Waals surface area contributed by atoms with Gasteiger partial charge in [-0.05, 0) is 31.5 Å². The molecule has 0 aliphatic heterocycles. The molecule has 0 spiro atoms. The van der Waals surface area contributed by atoms with Gasteiger partial charge in [0.15, 0.2) is 6.61 Å².